The van der Waals surface area contributed by atoms with Crippen LogP contribution in [0.3, 0.4) is 0 Å². The fourth-order valence-electron chi connectivity index (χ4n) is 1.32. The van der Waals surface area contributed by atoms with Crippen molar-refractivity contribution in [3.8, 4) is 0 Å². The van der Waals surface area contributed by atoms with Gasteiger partial charge in [0.1, 0.15) is 0 Å². The molecule has 0 fully saturated rings. The number of hydrogen-bond donors (Lipinski definition) is 3. The first-order valence-corrected chi connectivity index (χ1v) is 5.46. The van der Waals surface area contributed by atoms with Crippen molar-refractivity contribution in [2.24, 2.45) is 0 Å². The molecule has 78 valence electrons. The summed E-state index contributed by atoms with van der Waals surface area (Å²) in [4.78, 5) is 0.806. The molecule has 1 aromatic rings. The lowest BCUT2D eigenvalue weighted by Gasteiger charge is -2.20. The molecule has 0 saturated carbocycles. The van der Waals surface area contributed by atoms with Gasteiger partial charge >= 0.3 is 0 Å². The first-order chi connectivity index (χ1) is 6.56. The molecule has 0 atom stereocenters. The third-order valence-corrected chi connectivity index (χ3v) is 2.86. The van der Waals surface area contributed by atoms with Gasteiger partial charge in [0.25, 0.3) is 0 Å². The van der Waals surface area contributed by atoms with Crippen LogP contribution in [0, 0.1) is 6.92 Å². The lowest BCUT2D eigenvalue weighted by atomic mass is 10.1. The summed E-state index contributed by atoms with van der Waals surface area (Å²) in [6, 6.07) is 3.88. The second kappa shape index (κ2) is 4.84. The summed E-state index contributed by atoms with van der Waals surface area (Å²) in [6.07, 6.45) is 1.06. The van der Waals surface area contributed by atoms with Crippen molar-refractivity contribution in [3.05, 3.63) is 17.7 Å². The Morgan fingerprint density at radius 1 is 1.43 bits per heavy atom. The predicted molar refractivity (Wildman–Crippen MR) is 69.5 cm³/mol. The molecule has 0 spiro atoms. The number of thiol groups is 2. The van der Waals surface area contributed by atoms with E-state index in [-0.39, 0.29) is 0 Å². The average Bonchev–Trinajstić information content (AvgIpc) is 2.11. The molecule has 0 aromatic heterocycles. The van der Waals surface area contributed by atoms with Crippen molar-refractivity contribution < 1.29 is 0 Å². The predicted octanol–water partition coefficient (Wildman–Crippen LogP) is 2.93. The molecule has 1 rings (SSSR count). The van der Waals surface area contributed by atoms with Gasteiger partial charge in [-0.05, 0) is 31.0 Å². The Morgan fingerprint density at radius 3 is 2.64 bits per heavy atom. The van der Waals surface area contributed by atoms with Gasteiger partial charge in [-0.25, -0.2) is 0 Å². The summed E-state index contributed by atoms with van der Waals surface area (Å²) >= 11 is 8.70. The summed E-state index contributed by atoms with van der Waals surface area (Å²) in [6.45, 7) is 5.07. The standard InChI is InChI=1S/C10H16N2S2/c1-3-4-12(14)9-6-10(13)8(11)5-7(9)2/h5-6,13-14H,3-4,11H2,1-2H3. The monoisotopic (exact) mass is 228 g/mol. The molecule has 0 aliphatic carbocycles. The van der Waals surface area contributed by atoms with Crippen LogP contribution in [-0.2, 0) is 0 Å². The normalized spacial score (nSPS) is 10.3. The maximum Gasteiger partial charge on any atom is 0.0509 e. The molecule has 1 aromatic carbocycles. The van der Waals surface area contributed by atoms with Crippen molar-refractivity contribution in [2.75, 3.05) is 16.6 Å². The Morgan fingerprint density at radius 2 is 2.07 bits per heavy atom. The second-order valence-corrected chi connectivity index (χ2v) is 4.29. The third kappa shape index (κ3) is 2.51. The van der Waals surface area contributed by atoms with Gasteiger partial charge in [0.2, 0.25) is 0 Å². The van der Waals surface area contributed by atoms with Gasteiger partial charge < -0.3 is 10.0 Å². The van der Waals surface area contributed by atoms with Crippen molar-refractivity contribution >= 4 is 36.8 Å². The van der Waals surface area contributed by atoms with Crippen LogP contribution in [0.1, 0.15) is 18.9 Å². The van der Waals surface area contributed by atoms with E-state index in [0.29, 0.717) is 5.69 Å². The van der Waals surface area contributed by atoms with Crippen molar-refractivity contribution in [1.82, 2.24) is 0 Å². The molecule has 0 heterocycles. The molecule has 2 nitrogen and oxygen atoms in total. The average molecular weight is 228 g/mol. The van der Waals surface area contributed by atoms with Crippen molar-refractivity contribution in [3.63, 3.8) is 0 Å². The van der Waals surface area contributed by atoms with Gasteiger partial charge in [-0.2, -0.15) is 0 Å². The van der Waals surface area contributed by atoms with E-state index in [2.05, 4.69) is 32.4 Å². The van der Waals surface area contributed by atoms with Crippen molar-refractivity contribution in [2.45, 2.75) is 25.2 Å². The largest absolute Gasteiger partial charge is 0.398 e. The Hall–Kier alpha value is -0.480. The first kappa shape index (κ1) is 11.6. The van der Waals surface area contributed by atoms with Gasteiger partial charge in [-0.15, -0.1) is 12.6 Å². The number of nitrogen functional groups attached to an aromatic ring is 1. The Kier molecular flexibility index (Phi) is 4.01. The fourth-order valence-corrected chi connectivity index (χ4v) is 1.92. The van der Waals surface area contributed by atoms with Crippen LogP contribution in [0.15, 0.2) is 17.0 Å². The van der Waals surface area contributed by atoms with Crippen LogP contribution in [0.5, 0.6) is 0 Å². The zero-order valence-electron chi connectivity index (χ0n) is 8.49. The third-order valence-electron chi connectivity index (χ3n) is 2.06. The lowest BCUT2D eigenvalue weighted by molar-refractivity contribution is 0.929. The highest BCUT2D eigenvalue weighted by atomic mass is 32.1. The maximum absolute atomic E-state index is 5.74. The minimum atomic E-state index is 0.716. The molecule has 4 heteroatoms. The summed E-state index contributed by atoms with van der Waals surface area (Å²) in [5.74, 6) is 0. The summed E-state index contributed by atoms with van der Waals surface area (Å²) in [5, 5.41) is 0. The Bertz CT molecular complexity index is 326. The fraction of sp³-hybridized carbons (Fsp3) is 0.400. The maximum atomic E-state index is 5.74. The number of aryl methyl sites for hydroxylation is 1. The molecule has 0 bridgehead atoms. The SMILES string of the molecule is CCCN(S)c1cc(S)c(N)cc1C. The van der Waals surface area contributed by atoms with Crippen LogP contribution in [-0.4, -0.2) is 6.54 Å². The zero-order chi connectivity index (χ0) is 10.7. The number of nitrogens with zero attached hydrogens (tertiary/aromatic N) is 1. The highest BCUT2D eigenvalue weighted by Crippen LogP contribution is 2.29. The number of benzene rings is 1. The quantitative estimate of drug-likeness (QED) is 0.548. The van der Waals surface area contributed by atoms with Crippen molar-refractivity contribution in [1.29, 1.82) is 0 Å². The smallest absolute Gasteiger partial charge is 0.0509 e. The van der Waals surface area contributed by atoms with E-state index < -0.39 is 0 Å². The topological polar surface area (TPSA) is 29.3 Å². The van der Waals surface area contributed by atoms with E-state index in [1.807, 2.05) is 23.4 Å². The van der Waals surface area contributed by atoms with E-state index in [1.165, 1.54) is 0 Å². The van der Waals surface area contributed by atoms with E-state index in [4.69, 9.17) is 5.73 Å². The van der Waals surface area contributed by atoms with Gasteiger partial charge in [0.05, 0.1) is 5.69 Å². The van der Waals surface area contributed by atoms with Crippen LogP contribution >= 0.6 is 25.4 Å². The van der Waals surface area contributed by atoms with E-state index in [9.17, 15) is 0 Å². The van der Waals surface area contributed by atoms with Crippen LogP contribution in [0.25, 0.3) is 0 Å². The molecule has 0 unspecified atom stereocenters. The summed E-state index contributed by atoms with van der Waals surface area (Å²) in [5.41, 5.74) is 8.67. The molecular weight excluding hydrogens is 212 g/mol. The van der Waals surface area contributed by atoms with Crippen LogP contribution in [0.4, 0.5) is 11.4 Å². The second-order valence-electron chi connectivity index (χ2n) is 3.32. The Balaban J connectivity index is 3.02. The summed E-state index contributed by atoms with van der Waals surface area (Å²) < 4.78 is 1.93. The molecule has 14 heavy (non-hydrogen) atoms. The molecule has 0 aliphatic heterocycles. The highest BCUT2D eigenvalue weighted by molar-refractivity contribution is 7.81. The van der Waals surface area contributed by atoms with E-state index in [0.717, 1.165) is 29.1 Å². The molecule has 0 amide bonds. The number of rotatable bonds is 3. The minimum absolute atomic E-state index is 0.716. The zero-order valence-corrected chi connectivity index (χ0v) is 10.3. The van der Waals surface area contributed by atoms with Gasteiger partial charge in [-0.3, -0.25) is 0 Å². The van der Waals surface area contributed by atoms with E-state index in [1.54, 1.807) is 0 Å². The van der Waals surface area contributed by atoms with Crippen LogP contribution < -0.4 is 10.0 Å². The van der Waals surface area contributed by atoms with Crippen LogP contribution in [0.2, 0.25) is 0 Å². The number of hydrogen-bond acceptors (Lipinski definition) is 4. The van der Waals surface area contributed by atoms with E-state index >= 15 is 0 Å². The lowest BCUT2D eigenvalue weighted by Crippen LogP contribution is -2.12. The number of anilines is 2. The minimum Gasteiger partial charge on any atom is -0.398 e. The van der Waals surface area contributed by atoms with Gasteiger partial charge in [-0.1, -0.05) is 19.7 Å². The molecule has 0 aliphatic rings. The number of nitrogens with two attached hydrogens (primary N) is 1. The summed E-state index contributed by atoms with van der Waals surface area (Å²) in [7, 11) is 0. The Labute approximate surface area is 96.4 Å². The molecular formula is C10H16N2S2. The van der Waals surface area contributed by atoms with Gasteiger partial charge in [0.15, 0.2) is 0 Å². The van der Waals surface area contributed by atoms with Gasteiger partial charge in [0, 0.05) is 17.1 Å². The molecule has 0 radical (unpaired) electrons. The molecule has 0 saturated heterocycles. The molecule has 2 N–H and O–H groups in total. The first-order valence-electron chi connectivity index (χ1n) is 4.61. The highest BCUT2D eigenvalue weighted by Gasteiger charge is 2.07.